The molecule has 1 saturated carbocycles. The van der Waals surface area contributed by atoms with Crippen molar-refractivity contribution in [1.29, 1.82) is 0 Å². The molecule has 0 bridgehead atoms. The third kappa shape index (κ3) is 5.76. The minimum absolute atomic E-state index is 0.0395. The topological polar surface area (TPSA) is 110 Å². The van der Waals surface area contributed by atoms with Gasteiger partial charge in [-0.05, 0) is 49.3 Å². The molecule has 2 amide bonds. The standard InChI is InChI=1S/C27H39N5O3/c1-17-23(30-16-29-17)24(25(34)31-19-8-6-5-7-9-19)32(26(35)22-14-21(33)15-28-22)20-12-10-18(11-13-20)27(2,3)4/h10-13,16,19,21-22,24,28,33H,5-9,14-15H2,1-4H3,(H,29,30)(H,31,34). The van der Waals surface area contributed by atoms with Gasteiger partial charge in [0.15, 0.2) is 6.04 Å². The Morgan fingerprint density at radius 3 is 2.37 bits per heavy atom. The number of H-pyrrole nitrogens is 1. The lowest BCUT2D eigenvalue weighted by Crippen LogP contribution is -2.51. The number of carbonyl (C=O) groups excluding carboxylic acids is 2. The first-order chi connectivity index (χ1) is 16.6. The van der Waals surface area contributed by atoms with E-state index in [1.165, 1.54) is 6.42 Å². The van der Waals surface area contributed by atoms with E-state index in [1.54, 1.807) is 11.2 Å². The van der Waals surface area contributed by atoms with Crippen molar-refractivity contribution in [1.82, 2.24) is 20.6 Å². The average molecular weight is 482 g/mol. The van der Waals surface area contributed by atoms with Crippen LogP contribution >= 0.6 is 0 Å². The van der Waals surface area contributed by atoms with E-state index in [0.29, 0.717) is 30.0 Å². The van der Waals surface area contributed by atoms with Gasteiger partial charge in [0.05, 0.1) is 29.9 Å². The lowest BCUT2D eigenvalue weighted by atomic mass is 9.87. The summed E-state index contributed by atoms with van der Waals surface area (Å²) < 4.78 is 0. The van der Waals surface area contributed by atoms with Crippen LogP contribution in [0.4, 0.5) is 5.69 Å². The summed E-state index contributed by atoms with van der Waals surface area (Å²) in [5.74, 6) is -0.445. The number of benzene rings is 1. The highest BCUT2D eigenvalue weighted by Crippen LogP contribution is 2.33. The smallest absolute Gasteiger partial charge is 0.249 e. The molecule has 1 saturated heterocycles. The van der Waals surface area contributed by atoms with E-state index in [9.17, 15) is 14.7 Å². The molecule has 4 rings (SSSR count). The fraction of sp³-hybridized carbons (Fsp3) is 0.593. The molecule has 8 nitrogen and oxygen atoms in total. The molecule has 2 aliphatic rings. The third-order valence-electron chi connectivity index (χ3n) is 7.25. The van der Waals surface area contributed by atoms with Gasteiger partial charge < -0.3 is 20.7 Å². The zero-order chi connectivity index (χ0) is 25.2. The van der Waals surface area contributed by atoms with Gasteiger partial charge in [-0.1, -0.05) is 52.2 Å². The summed E-state index contributed by atoms with van der Waals surface area (Å²) in [6.45, 7) is 8.63. The molecular formula is C27H39N5O3. The summed E-state index contributed by atoms with van der Waals surface area (Å²) in [4.78, 5) is 36.9. The van der Waals surface area contributed by atoms with Crippen molar-refractivity contribution in [2.75, 3.05) is 11.4 Å². The Morgan fingerprint density at radius 1 is 1.14 bits per heavy atom. The summed E-state index contributed by atoms with van der Waals surface area (Å²) >= 11 is 0. The van der Waals surface area contributed by atoms with Gasteiger partial charge in [-0.3, -0.25) is 14.5 Å². The molecule has 0 radical (unpaired) electrons. The molecule has 8 heteroatoms. The third-order valence-corrected chi connectivity index (χ3v) is 7.25. The second-order valence-corrected chi connectivity index (χ2v) is 11.0. The number of aliphatic hydroxyl groups excluding tert-OH is 1. The molecule has 3 atom stereocenters. The predicted molar refractivity (Wildman–Crippen MR) is 136 cm³/mol. The van der Waals surface area contributed by atoms with E-state index in [0.717, 1.165) is 31.2 Å². The minimum atomic E-state index is -0.896. The van der Waals surface area contributed by atoms with Crippen molar-refractivity contribution in [3.63, 3.8) is 0 Å². The summed E-state index contributed by atoms with van der Waals surface area (Å²) in [6, 6.07) is 6.50. The molecule has 1 aliphatic heterocycles. The van der Waals surface area contributed by atoms with Gasteiger partial charge in [-0.2, -0.15) is 0 Å². The Balaban J connectivity index is 1.75. The zero-order valence-corrected chi connectivity index (χ0v) is 21.3. The molecule has 1 aliphatic carbocycles. The van der Waals surface area contributed by atoms with Crippen LogP contribution in [0.3, 0.4) is 0 Å². The predicted octanol–water partition coefficient (Wildman–Crippen LogP) is 3.26. The fourth-order valence-electron chi connectivity index (χ4n) is 5.15. The van der Waals surface area contributed by atoms with E-state index in [1.807, 2.05) is 31.2 Å². The Kier molecular flexibility index (Phi) is 7.62. The number of nitrogens with zero attached hydrogens (tertiary/aromatic N) is 2. The summed E-state index contributed by atoms with van der Waals surface area (Å²) in [6.07, 6.45) is 6.57. The molecule has 35 heavy (non-hydrogen) atoms. The summed E-state index contributed by atoms with van der Waals surface area (Å²) in [7, 11) is 0. The highest BCUT2D eigenvalue weighted by Gasteiger charge is 2.40. The number of hydrogen-bond donors (Lipinski definition) is 4. The number of carbonyl (C=O) groups is 2. The van der Waals surface area contributed by atoms with Crippen molar-refractivity contribution in [2.45, 2.75) is 95.9 Å². The Morgan fingerprint density at radius 2 is 1.83 bits per heavy atom. The lowest BCUT2D eigenvalue weighted by molar-refractivity contribution is -0.128. The highest BCUT2D eigenvalue weighted by molar-refractivity contribution is 6.03. The minimum Gasteiger partial charge on any atom is -0.392 e. The maximum Gasteiger partial charge on any atom is 0.249 e. The first kappa shape index (κ1) is 25.4. The molecule has 2 heterocycles. The van der Waals surface area contributed by atoms with Crippen LogP contribution in [0, 0.1) is 6.92 Å². The number of hydrogen-bond acceptors (Lipinski definition) is 5. The van der Waals surface area contributed by atoms with Crippen LogP contribution in [0.5, 0.6) is 0 Å². The number of aryl methyl sites for hydroxylation is 1. The van der Waals surface area contributed by atoms with Crippen LogP contribution in [0.1, 0.15) is 82.3 Å². The fourth-order valence-corrected chi connectivity index (χ4v) is 5.15. The maximum absolute atomic E-state index is 14.0. The highest BCUT2D eigenvalue weighted by atomic mass is 16.3. The monoisotopic (exact) mass is 481 g/mol. The molecule has 2 aromatic rings. The molecule has 2 fully saturated rings. The maximum atomic E-state index is 14.0. The van der Waals surface area contributed by atoms with E-state index in [-0.39, 0.29) is 23.3 Å². The van der Waals surface area contributed by atoms with Crippen LogP contribution in [0.2, 0.25) is 0 Å². The van der Waals surface area contributed by atoms with Gasteiger partial charge in [0, 0.05) is 18.3 Å². The molecule has 0 spiro atoms. The normalized spacial score (nSPS) is 22.1. The van der Waals surface area contributed by atoms with Crippen molar-refractivity contribution >= 4 is 17.5 Å². The Hall–Kier alpha value is -2.71. The van der Waals surface area contributed by atoms with E-state index >= 15 is 0 Å². The van der Waals surface area contributed by atoms with Crippen LogP contribution < -0.4 is 15.5 Å². The average Bonchev–Trinajstić information content (AvgIpc) is 3.45. The zero-order valence-electron chi connectivity index (χ0n) is 21.3. The van der Waals surface area contributed by atoms with Crippen molar-refractivity contribution in [3.8, 4) is 0 Å². The van der Waals surface area contributed by atoms with Gasteiger partial charge in [0.25, 0.3) is 0 Å². The quantitative estimate of drug-likeness (QED) is 0.506. The summed E-state index contributed by atoms with van der Waals surface area (Å²) in [5.41, 5.74) is 3.03. The molecule has 1 aromatic carbocycles. The van der Waals surface area contributed by atoms with Crippen LogP contribution in [0.25, 0.3) is 0 Å². The number of rotatable bonds is 6. The lowest BCUT2D eigenvalue weighted by Gasteiger charge is -2.34. The van der Waals surface area contributed by atoms with Crippen molar-refractivity contribution in [3.05, 3.63) is 47.5 Å². The molecular weight excluding hydrogens is 442 g/mol. The van der Waals surface area contributed by atoms with Crippen LogP contribution in [-0.4, -0.2) is 51.6 Å². The number of aromatic nitrogens is 2. The van der Waals surface area contributed by atoms with Gasteiger partial charge in [-0.25, -0.2) is 4.98 Å². The van der Waals surface area contributed by atoms with Gasteiger partial charge in [-0.15, -0.1) is 0 Å². The number of aromatic amines is 1. The SMILES string of the molecule is Cc1nc[nH]c1C(C(=O)NC1CCCCC1)N(C(=O)C1CC(O)CN1)c1ccc(C(C)(C)C)cc1. The largest absolute Gasteiger partial charge is 0.392 e. The second-order valence-electron chi connectivity index (χ2n) is 11.0. The number of anilines is 1. The second kappa shape index (κ2) is 10.5. The first-order valence-corrected chi connectivity index (χ1v) is 12.8. The van der Waals surface area contributed by atoms with Crippen LogP contribution in [0.15, 0.2) is 30.6 Å². The van der Waals surface area contributed by atoms with Crippen LogP contribution in [-0.2, 0) is 15.0 Å². The molecule has 1 aromatic heterocycles. The number of nitrogens with one attached hydrogen (secondary N) is 3. The Labute approximate surface area is 207 Å². The number of amides is 2. The number of imidazole rings is 1. The molecule has 190 valence electrons. The first-order valence-electron chi connectivity index (χ1n) is 12.8. The van der Waals surface area contributed by atoms with Crippen molar-refractivity contribution in [2.24, 2.45) is 0 Å². The van der Waals surface area contributed by atoms with E-state index in [2.05, 4.69) is 41.4 Å². The van der Waals surface area contributed by atoms with Gasteiger partial charge in [0.2, 0.25) is 11.8 Å². The number of aliphatic hydroxyl groups is 1. The molecule has 4 N–H and O–H groups in total. The van der Waals surface area contributed by atoms with E-state index < -0.39 is 18.2 Å². The number of β-amino-alcohol motifs (C(OH)–C–C–N with tert-alkyl or cyclic N) is 1. The molecule has 3 unspecified atom stereocenters. The Bertz CT molecular complexity index is 1020. The summed E-state index contributed by atoms with van der Waals surface area (Å²) in [5, 5.41) is 16.4. The van der Waals surface area contributed by atoms with Gasteiger partial charge >= 0.3 is 0 Å². The van der Waals surface area contributed by atoms with Gasteiger partial charge in [0.1, 0.15) is 0 Å². The van der Waals surface area contributed by atoms with E-state index in [4.69, 9.17) is 0 Å². The van der Waals surface area contributed by atoms with Crippen molar-refractivity contribution < 1.29 is 14.7 Å².